The second-order valence-electron chi connectivity index (χ2n) is 5.35. The molecule has 1 heterocycles. The van der Waals surface area contributed by atoms with E-state index in [1.807, 2.05) is 20.8 Å². The van der Waals surface area contributed by atoms with Crippen molar-refractivity contribution >= 4 is 6.09 Å². The highest BCUT2D eigenvalue weighted by Gasteiger charge is 2.38. The number of ether oxygens (including phenoxy) is 1. The molecule has 0 aromatic rings. The second-order valence-corrected chi connectivity index (χ2v) is 5.35. The number of rotatable bonds is 1. The normalized spacial score (nSPS) is 25.3. The average Bonchev–Trinajstić information content (AvgIpc) is 2.45. The minimum Gasteiger partial charge on any atom is -0.444 e. The van der Waals surface area contributed by atoms with Gasteiger partial charge >= 0.3 is 6.09 Å². The molecular formula is C11H19N3O2. The van der Waals surface area contributed by atoms with Gasteiger partial charge in [-0.1, -0.05) is 0 Å². The molecular weight excluding hydrogens is 206 g/mol. The summed E-state index contributed by atoms with van der Waals surface area (Å²) in [6, 6.07) is 2.05. The maximum absolute atomic E-state index is 11.7. The minimum atomic E-state index is -0.564. The van der Waals surface area contributed by atoms with Crippen LogP contribution < -0.4 is 5.73 Å². The lowest BCUT2D eigenvalue weighted by Crippen LogP contribution is -2.44. The Labute approximate surface area is 96.2 Å². The number of hydrogen-bond donors (Lipinski definition) is 1. The van der Waals surface area contributed by atoms with Gasteiger partial charge in [-0.05, 0) is 27.2 Å². The van der Waals surface area contributed by atoms with Crippen LogP contribution in [0.3, 0.4) is 0 Å². The summed E-state index contributed by atoms with van der Waals surface area (Å²) in [5, 5.41) is 8.64. The van der Waals surface area contributed by atoms with Crippen molar-refractivity contribution in [2.45, 2.75) is 44.8 Å². The Balaban J connectivity index is 2.54. The summed E-state index contributed by atoms with van der Waals surface area (Å²) >= 11 is 0. The Morgan fingerprint density at radius 2 is 2.25 bits per heavy atom. The standard InChI is InChI=1S/C11H19N3O2/c1-10(2,3)16-9(15)14-7-5-11(13,8-14)4-6-12/h4-5,7-8,13H2,1-3H3. The van der Waals surface area contributed by atoms with Crippen LogP contribution in [0.2, 0.25) is 0 Å². The molecule has 1 rings (SSSR count). The van der Waals surface area contributed by atoms with Crippen molar-refractivity contribution < 1.29 is 9.53 Å². The highest BCUT2D eigenvalue weighted by Crippen LogP contribution is 2.23. The van der Waals surface area contributed by atoms with Crippen molar-refractivity contribution in [3.63, 3.8) is 0 Å². The summed E-state index contributed by atoms with van der Waals surface area (Å²) < 4.78 is 5.24. The molecule has 0 aromatic carbocycles. The molecule has 0 radical (unpaired) electrons. The van der Waals surface area contributed by atoms with E-state index in [0.717, 1.165) is 0 Å². The van der Waals surface area contributed by atoms with Gasteiger partial charge in [0, 0.05) is 18.6 Å². The number of amides is 1. The molecule has 0 bridgehead atoms. The van der Waals surface area contributed by atoms with Crippen LogP contribution in [0.4, 0.5) is 4.79 Å². The molecule has 0 aliphatic carbocycles. The van der Waals surface area contributed by atoms with Gasteiger partial charge < -0.3 is 15.4 Å². The van der Waals surface area contributed by atoms with Crippen LogP contribution in [0.15, 0.2) is 0 Å². The van der Waals surface area contributed by atoms with Gasteiger partial charge in [-0.3, -0.25) is 0 Å². The maximum Gasteiger partial charge on any atom is 0.410 e. The lowest BCUT2D eigenvalue weighted by molar-refractivity contribution is 0.0285. The first kappa shape index (κ1) is 12.8. The van der Waals surface area contributed by atoms with Gasteiger partial charge in [0.1, 0.15) is 5.60 Å². The number of carbonyl (C=O) groups excluding carboxylic acids is 1. The van der Waals surface area contributed by atoms with Gasteiger partial charge in [0.25, 0.3) is 0 Å². The number of nitrogens with zero attached hydrogens (tertiary/aromatic N) is 2. The van der Waals surface area contributed by atoms with Crippen LogP contribution in [0, 0.1) is 11.3 Å². The number of hydrogen-bond acceptors (Lipinski definition) is 4. The Hall–Kier alpha value is -1.28. The predicted molar refractivity (Wildman–Crippen MR) is 59.6 cm³/mol. The molecule has 0 spiro atoms. The molecule has 1 saturated heterocycles. The summed E-state index contributed by atoms with van der Waals surface area (Å²) in [6.45, 7) is 6.44. The van der Waals surface area contributed by atoms with E-state index in [1.54, 1.807) is 4.90 Å². The van der Waals surface area contributed by atoms with Crippen molar-refractivity contribution in [1.29, 1.82) is 5.26 Å². The third-order valence-corrected chi connectivity index (χ3v) is 2.47. The van der Waals surface area contributed by atoms with E-state index in [-0.39, 0.29) is 12.5 Å². The van der Waals surface area contributed by atoms with Gasteiger partial charge in [-0.15, -0.1) is 0 Å². The highest BCUT2D eigenvalue weighted by molar-refractivity contribution is 5.68. The number of likely N-dealkylation sites (tertiary alicyclic amines) is 1. The van der Waals surface area contributed by atoms with Gasteiger partial charge in [0.2, 0.25) is 0 Å². The van der Waals surface area contributed by atoms with E-state index >= 15 is 0 Å². The van der Waals surface area contributed by atoms with Crippen LogP contribution in [-0.4, -0.2) is 35.2 Å². The van der Waals surface area contributed by atoms with E-state index in [2.05, 4.69) is 6.07 Å². The zero-order chi connectivity index (χ0) is 12.4. The lowest BCUT2D eigenvalue weighted by atomic mass is 9.97. The first-order chi connectivity index (χ1) is 7.26. The fraction of sp³-hybridized carbons (Fsp3) is 0.818. The molecule has 5 heteroatoms. The molecule has 1 unspecified atom stereocenters. The fourth-order valence-corrected chi connectivity index (χ4v) is 1.68. The molecule has 5 nitrogen and oxygen atoms in total. The van der Waals surface area contributed by atoms with Crippen LogP contribution >= 0.6 is 0 Å². The Kier molecular flexibility index (Phi) is 3.44. The average molecular weight is 225 g/mol. The molecule has 1 aliphatic heterocycles. The van der Waals surface area contributed by atoms with Crippen molar-refractivity contribution in [3.05, 3.63) is 0 Å². The monoisotopic (exact) mass is 225 g/mol. The summed E-state index contributed by atoms with van der Waals surface area (Å²) in [5.74, 6) is 0. The molecule has 0 aromatic heterocycles. The van der Waals surface area contributed by atoms with Gasteiger partial charge in [-0.2, -0.15) is 5.26 Å². The number of nitriles is 1. The molecule has 1 fully saturated rings. The van der Waals surface area contributed by atoms with E-state index in [9.17, 15) is 4.79 Å². The van der Waals surface area contributed by atoms with Crippen molar-refractivity contribution in [1.82, 2.24) is 4.90 Å². The Bertz CT molecular complexity index is 316. The van der Waals surface area contributed by atoms with Crippen LogP contribution in [0.5, 0.6) is 0 Å². The van der Waals surface area contributed by atoms with E-state index in [4.69, 9.17) is 15.7 Å². The lowest BCUT2D eigenvalue weighted by Gasteiger charge is -2.25. The molecule has 1 atom stereocenters. The van der Waals surface area contributed by atoms with E-state index in [0.29, 0.717) is 19.5 Å². The molecule has 1 aliphatic rings. The van der Waals surface area contributed by atoms with Gasteiger partial charge in [-0.25, -0.2) is 4.79 Å². The van der Waals surface area contributed by atoms with Crippen LogP contribution in [0.25, 0.3) is 0 Å². The molecule has 0 saturated carbocycles. The molecule has 90 valence electrons. The highest BCUT2D eigenvalue weighted by atomic mass is 16.6. The van der Waals surface area contributed by atoms with E-state index < -0.39 is 11.1 Å². The second kappa shape index (κ2) is 4.30. The zero-order valence-electron chi connectivity index (χ0n) is 10.1. The van der Waals surface area contributed by atoms with Crippen LogP contribution in [-0.2, 0) is 4.74 Å². The van der Waals surface area contributed by atoms with Gasteiger partial charge in [0.15, 0.2) is 0 Å². The smallest absolute Gasteiger partial charge is 0.410 e. The molecule has 1 amide bonds. The maximum atomic E-state index is 11.7. The van der Waals surface area contributed by atoms with Crippen LogP contribution in [0.1, 0.15) is 33.6 Å². The Morgan fingerprint density at radius 3 is 2.75 bits per heavy atom. The zero-order valence-corrected chi connectivity index (χ0v) is 10.1. The van der Waals surface area contributed by atoms with Gasteiger partial charge in [0.05, 0.1) is 12.5 Å². The molecule has 16 heavy (non-hydrogen) atoms. The largest absolute Gasteiger partial charge is 0.444 e. The Morgan fingerprint density at radius 1 is 1.62 bits per heavy atom. The first-order valence-electron chi connectivity index (χ1n) is 5.39. The third-order valence-electron chi connectivity index (χ3n) is 2.47. The van der Waals surface area contributed by atoms with Crippen molar-refractivity contribution in [2.24, 2.45) is 5.73 Å². The minimum absolute atomic E-state index is 0.270. The number of nitrogens with two attached hydrogens (primary N) is 1. The summed E-state index contributed by atoms with van der Waals surface area (Å²) in [6.07, 6.45) is 0.573. The topological polar surface area (TPSA) is 79.3 Å². The fourth-order valence-electron chi connectivity index (χ4n) is 1.68. The molecule has 2 N–H and O–H groups in total. The third kappa shape index (κ3) is 3.38. The van der Waals surface area contributed by atoms with Crippen molar-refractivity contribution in [3.8, 4) is 6.07 Å². The van der Waals surface area contributed by atoms with E-state index in [1.165, 1.54) is 0 Å². The summed E-state index contributed by atoms with van der Waals surface area (Å²) in [4.78, 5) is 13.3. The number of carbonyl (C=O) groups is 1. The SMILES string of the molecule is CC(C)(C)OC(=O)N1CCC(N)(CC#N)C1. The predicted octanol–water partition coefficient (Wildman–Crippen LogP) is 1.24. The van der Waals surface area contributed by atoms with Crippen molar-refractivity contribution in [2.75, 3.05) is 13.1 Å². The first-order valence-corrected chi connectivity index (χ1v) is 5.39. The quantitative estimate of drug-likeness (QED) is 0.728. The summed E-state index contributed by atoms with van der Waals surface area (Å²) in [7, 11) is 0. The summed E-state index contributed by atoms with van der Waals surface area (Å²) in [5.41, 5.74) is 4.93.